The Kier molecular flexibility index (Phi) is 9.81. The number of aryl methyl sites for hydroxylation is 1. The van der Waals surface area contributed by atoms with Gasteiger partial charge in [0.1, 0.15) is 6.54 Å². The standard InChI is InChI=1S/C19H33N5O4/c1-13(2)17(26)15(7-6-8-20-4)24(10-9-21-5)16(25)12-23-11-14(3)18(27)22-19(23)28/h11,13,15,20-21H,6-10,12H2,1-5H3,(H,22,27,28). The lowest BCUT2D eigenvalue weighted by Crippen LogP contribution is -2.50. The van der Waals surface area contributed by atoms with Crippen molar-refractivity contribution in [3.05, 3.63) is 32.6 Å². The van der Waals surface area contributed by atoms with E-state index in [0.29, 0.717) is 25.1 Å². The second kappa shape index (κ2) is 11.6. The molecule has 0 radical (unpaired) electrons. The molecule has 0 bridgehead atoms. The van der Waals surface area contributed by atoms with E-state index >= 15 is 0 Å². The summed E-state index contributed by atoms with van der Waals surface area (Å²) in [4.78, 5) is 53.2. The fraction of sp³-hybridized carbons (Fsp3) is 0.684. The van der Waals surface area contributed by atoms with Crippen molar-refractivity contribution < 1.29 is 9.59 Å². The molecule has 3 N–H and O–H groups in total. The number of ketones is 1. The Balaban J connectivity index is 3.15. The quantitative estimate of drug-likeness (QED) is 0.410. The Hall–Kier alpha value is -2.26. The van der Waals surface area contributed by atoms with Crippen LogP contribution in [0.1, 0.15) is 32.3 Å². The first-order valence-electron chi connectivity index (χ1n) is 9.65. The van der Waals surface area contributed by atoms with Crippen LogP contribution in [0.5, 0.6) is 0 Å². The molecule has 0 aromatic carbocycles. The third kappa shape index (κ3) is 6.72. The van der Waals surface area contributed by atoms with Crippen LogP contribution in [0, 0.1) is 12.8 Å². The zero-order chi connectivity index (χ0) is 21.3. The number of rotatable bonds is 12. The van der Waals surface area contributed by atoms with Crippen LogP contribution in [-0.2, 0) is 16.1 Å². The van der Waals surface area contributed by atoms with Gasteiger partial charge < -0.3 is 15.5 Å². The molecule has 9 nitrogen and oxygen atoms in total. The normalized spacial score (nSPS) is 12.2. The highest BCUT2D eigenvalue weighted by molar-refractivity contribution is 5.90. The van der Waals surface area contributed by atoms with Gasteiger partial charge in [0.2, 0.25) is 5.91 Å². The first-order valence-corrected chi connectivity index (χ1v) is 9.65. The average Bonchev–Trinajstić information content (AvgIpc) is 2.64. The van der Waals surface area contributed by atoms with Crippen LogP contribution in [-0.4, -0.2) is 65.9 Å². The predicted molar refractivity (Wildman–Crippen MR) is 108 cm³/mol. The molecule has 0 saturated carbocycles. The first kappa shape index (κ1) is 23.8. The molecule has 0 aliphatic carbocycles. The van der Waals surface area contributed by atoms with Gasteiger partial charge in [-0.05, 0) is 40.4 Å². The average molecular weight is 396 g/mol. The van der Waals surface area contributed by atoms with E-state index in [4.69, 9.17) is 0 Å². The van der Waals surface area contributed by atoms with Crippen molar-refractivity contribution in [2.45, 2.75) is 46.2 Å². The first-order chi connectivity index (χ1) is 13.2. The van der Waals surface area contributed by atoms with Crippen LogP contribution < -0.4 is 21.9 Å². The van der Waals surface area contributed by atoms with E-state index < -0.39 is 17.3 Å². The van der Waals surface area contributed by atoms with Crippen molar-refractivity contribution in [3.63, 3.8) is 0 Å². The van der Waals surface area contributed by atoms with Crippen molar-refractivity contribution in [1.29, 1.82) is 0 Å². The van der Waals surface area contributed by atoms with Gasteiger partial charge in [-0.3, -0.25) is 23.9 Å². The molecular weight excluding hydrogens is 362 g/mol. The van der Waals surface area contributed by atoms with Crippen molar-refractivity contribution >= 4 is 11.7 Å². The topological polar surface area (TPSA) is 116 Å². The summed E-state index contributed by atoms with van der Waals surface area (Å²) < 4.78 is 1.18. The monoisotopic (exact) mass is 395 g/mol. The van der Waals surface area contributed by atoms with Gasteiger partial charge in [-0.25, -0.2) is 4.79 Å². The third-order valence-electron chi connectivity index (χ3n) is 4.60. The second-order valence-corrected chi connectivity index (χ2v) is 7.21. The number of carbonyl (C=O) groups excluding carboxylic acids is 2. The molecule has 0 aliphatic heterocycles. The summed E-state index contributed by atoms with van der Waals surface area (Å²) in [5, 5.41) is 6.06. The van der Waals surface area contributed by atoms with Gasteiger partial charge in [-0.1, -0.05) is 13.8 Å². The van der Waals surface area contributed by atoms with Crippen molar-refractivity contribution in [2.24, 2.45) is 5.92 Å². The number of hydrogen-bond donors (Lipinski definition) is 3. The van der Waals surface area contributed by atoms with Crippen molar-refractivity contribution in [3.8, 4) is 0 Å². The lowest BCUT2D eigenvalue weighted by atomic mass is 9.96. The number of H-pyrrole nitrogens is 1. The second-order valence-electron chi connectivity index (χ2n) is 7.21. The number of likely N-dealkylation sites (N-methyl/N-ethyl adjacent to an activating group) is 1. The van der Waals surface area contributed by atoms with Gasteiger partial charge >= 0.3 is 5.69 Å². The largest absolute Gasteiger partial charge is 0.330 e. The van der Waals surface area contributed by atoms with E-state index in [1.54, 1.807) is 18.9 Å². The summed E-state index contributed by atoms with van der Waals surface area (Å²) in [6, 6.07) is -0.547. The summed E-state index contributed by atoms with van der Waals surface area (Å²) in [7, 11) is 3.62. The molecule has 1 aromatic rings. The molecule has 0 aliphatic rings. The minimum absolute atomic E-state index is 0.00514. The molecule has 1 heterocycles. The lowest BCUT2D eigenvalue weighted by molar-refractivity contribution is -0.141. The fourth-order valence-corrected chi connectivity index (χ4v) is 2.97. The Morgan fingerprint density at radius 1 is 1.18 bits per heavy atom. The van der Waals surface area contributed by atoms with Crippen LogP contribution in [0.4, 0.5) is 0 Å². The minimum atomic E-state index is -0.639. The molecule has 1 atom stereocenters. The van der Waals surface area contributed by atoms with E-state index in [-0.39, 0.29) is 24.2 Å². The number of Topliss-reactive ketones (excluding diaryl/α,β-unsaturated/α-hetero) is 1. The van der Waals surface area contributed by atoms with E-state index in [1.165, 1.54) is 10.8 Å². The van der Waals surface area contributed by atoms with Gasteiger partial charge in [0.25, 0.3) is 5.56 Å². The number of carbonyl (C=O) groups is 2. The predicted octanol–water partition coefficient (Wildman–Crippen LogP) is -0.514. The summed E-state index contributed by atoms with van der Waals surface area (Å²) >= 11 is 0. The van der Waals surface area contributed by atoms with Crippen LogP contribution in [0.25, 0.3) is 0 Å². The molecule has 0 fully saturated rings. The number of nitrogens with one attached hydrogen (secondary N) is 3. The van der Waals surface area contributed by atoms with E-state index in [2.05, 4.69) is 15.6 Å². The van der Waals surface area contributed by atoms with Crippen molar-refractivity contribution in [2.75, 3.05) is 33.7 Å². The molecule has 1 unspecified atom stereocenters. The van der Waals surface area contributed by atoms with Gasteiger partial charge in [0.05, 0.1) is 6.04 Å². The Bertz CT molecular complexity index is 768. The number of nitrogens with zero attached hydrogens (tertiary/aromatic N) is 2. The number of aromatic amines is 1. The van der Waals surface area contributed by atoms with E-state index in [0.717, 1.165) is 13.0 Å². The Morgan fingerprint density at radius 3 is 2.39 bits per heavy atom. The van der Waals surface area contributed by atoms with Crippen molar-refractivity contribution in [1.82, 2.24) is 25.1 Å². The molecule has 1 rings (SSSR count). The summed E-state index contributed by atoms with van der Waals surface area (Å²) in [5.41, 5.74) is -0.766. The Morgan fingerprint density at radius 2 is 1.82 bits per heavy atom. The minimum Gasteiger partial charge on any atom is -0.330 e. The van der Waals surface area contributed by atoms with Gasteiger partial charge in [-0.15, -0.1) is 0 Å². The lowest BCUT2D eigenvalue weighted by Gasteiger charge is -2.32. The summed E-state index contributed by atoms with van der Waals surface area (Å²) in [5.74, 6) is -0.527. The Labute approximate surface area is 165 Å². The summed E-state index contributed by atoms with van der Waals surface area (Å²) in [6.07, 6.45) is 2.67. The SMILES string of the molecule is CNCCCC(C(=O)C(C)C)N(CCNC)C(=O)Cn1cc(C)c(=O)[nH]c1=O. The number of aromatic nitrogens is 2. The van der Waals surface area contributed by atoms with Crippen LogP contribution in [0.2, 0.25) is 0 Å². The number of hydrogen-bond acceptors (Lipinski definition) is 6. The molecule has 0 saturated heterocycles. The smallest absolute Gasteiger partial charge is 0.328 e. The molecule has 1 amide bonds. The van der Waals surface area contributed by atoms with Crippen LogP contribution in [0.15, 0.2) is 15.8 Å². The van der Waals surface area contributed by atoms with Gasteiger partial charge in [-0.2, -0.15) is 0 Å². The van der Waals surface area contributed by atoms with E-state index in [1.807, 2.05) is 20.9 Å². The zero-order valence-corrected chi connectivity index (χ0v) is 17.5. The molecule has 28 heavy (non-hydrogen) atoms. The molecule has 1 aromatic heterocycles. The fourth-order valence-electron chi connectivity index (χ4n) is 2.97. The maximum atomic E-state index is 13.0. The van der Waals surface area contributed by atoms with Crippen LogP contribution in [0.3, 0.4) is 0 Å². The van der Waals surface area contributed by atoms with Gasteiger partial charge in [0, 0.05) is 30.8 Å². The third-order valence-corrected chi connectivity index (χ3v) is 4.60. The molecule has 9 heteroatoms. The summed E-state index contributed by atoms with van der Waals surface area (Å²) in [6.45, 7) is 6.62. The highest BCUT2D eigenvalue weighted by Crippen LogP contribution is 2.14. The number of amides is 1. The highest BCUT2D eigenvalue weighted by Gasteiger charge is 2.30. The van der Waals surface area contributed by atoms with Crippen LogP contribution >= 0.6 is 0 Å². The maximum absolute atomic E-state index is 13.0. The maximum Gasteiger partial charge on any atom is 0.328 e. The molecule has 0 spiro atoms. The van der Waals surface area contributed by atoms with Gasteiger partial charge in [0.15, 0.2) is 5.78 Å². The zero-order valence-electron chi connectivity index (χ0n) is 17.5. The van der Waals surface area contributed by atoms with E-state index in [9.17, 15) is 19.2 Å². The molecule has 158 valence electrons. The highest BCUT2D eigenvalue weighted by atomic mass is 16.2. The molecular formula is C19H33N5O4.